The number of carbonyl (C=O) groups is 3. The van der Waals surface area contributed by atoms with E-state index in [2.05, 4.69) is 5.32 Å². The van der Waals surface area contributed by atoms with Gasteiger partial charge in [-0.05, 0) is 29.8 Å². The van der Waals surface area contributed by atoms with E-state index in [1.54, 1.807) is 35.2 Å². The summed E-state index contributed by atoms with van der Waals surface area (Å²) < 4.78 is 17.7. The number of hydrogen-bond donors (Lipinski definition) is 1. The van der Waals surface area contributed by atoms with Crippen molar-refractivity contribution in [3.8, 4) is 0 Å². The van der Waals surface area contributed by atoms with Gasteiger partial charge in [0.1, 0.15) is 5.82 Å². The maximum atomic E-state index is 13.0. The minimum Gasteiger partial charge on any atom is -0.465 e. The van der Waals surface area contributed by atoms with Crippen LogP contribution < -0.4 is 5.32 Å². The molecular weight excluding hydrogens is 363 g/mol. The molecule has 2 aromatic rings. The van der Waals surface area contributed by atoms with Gasteiger partial charge in [-0.15, -0.1) is 0 Å². The zero-order valence-electron chi connectivity index (χ0n) is 15.5. The molecule has 1 aliphatic heterocycles. The topological polar surface area (TPSA) is 75.7 Å². The Hall–Kier alpha value is -3.22. The number of halogens is 1. The van der Waals surface area contributed by atoms with E-state index in [1.807, 2.05) is 0 Å². The molecule has 1 N–H and O–H groups in total. The number of esters is 1. The molecule has 146 valence electrons. The molecule has 7 heteroatoms. The zero-order valence-corrected chi connectivity index (χ0v) is 15.5. The van der Waals surface area contributed by atoms with Crippen molar-refractivity contribution < 1.29 is 23.5 Å². The predicted molar refractivity (Wildman–Crippen MR) is 100 cm³/mol. The highest BCUT2D eigenvalue weighted by Crippen LogP contribution is 2.20. The Labute approximate surface area is 162 Å². The number of amides is 2. The van der Waals surface area contributed by atoms with Crippen LogP contribution in [0.3, 0.4) is 0 Å². The number of benzene rings is 2. The van der Waals surface area contributed by atoms with Gasteiger partial charge in [-0.2, -0.15) is 0 Å². The van der Waals surface area contributed by atoms with Crippen LogP contribution in [-0.2, 0) is 16.1 Å². The first kappa shape index (κ1) is 19.5. The average molecular weight is 384 g/mol. The summed E-state index contributed by atoms with van der Waals surface area (Å²) in [7, 11) is 1.26. The number of hydrogen-bond acceptors (Lipinski definition) is 4. The molecule has 6 nitrogen and oxygen atoms in total. The highest BCUT2D eigenvalue weighted by molar-refractivity contribution is 6.05. The maximum Gasteiger partial charge on any atom is 0.338 e. The van der Waals surface area contributed by atoms with Gasteiger partial charge in [-0.1, -0.05) is 24.3 Å². The van der Waals surface area contributed by atoms with Gasteiger partial charge in [-0.25, -0.2) is 9.18 Å². The summed E-state index contributed by atoms with van der Waals surface area (Å²) in [5, 5.41) is 2.80. The van der Waals surface area contributed by atoms with Crippen LogP contribution >= 0.6 is 0 Å². The average Bonchev–Trinajstić information content (AvgIpc) is 3.06. The van der Waals surface area contributed by atoms with Crippen LogP contribution in [0, 0.1) is 11.7 Å². The molecule has 1 unspecified atom stereocenters. The lowest BCUT2D eigenvalue weighted by molar-refractivity contribution is -0.128. The van der Waals surface area contributed by atoms with Gasteiger partial charge in [0.2, 0.25) is 5.91 Å². The monoisotopic (exact) mass is 384 g/mol. The molecule has 1 fully saturated rings. The molecule has 0 aromatic heterocycles. The number of ether oxygens (including phenoxy) is 1. The van der Waals surface area contributed by atoms with E-state index in [0.29, 0.717) is 26.1 Å². The van der Waals surface area contributed by atoms with E-state index >= 15 is 0 Å². The van der Waals surface area contributed by atoms with Crippen molar-refractivity contribution in [2.45, 2.75) is 13.0 Å². The fourth-order valence-corrected chi connectivity index (χ4v) is 3.26. The molecule has 0 radical (unpaired) electrons. The van der Waals surface area contributed by atoms with Crippen LogP contribution in [0.2, 0.25) is 0 Å². The molecule has 2 amide bonds. The summed E-state index contributed by atoms with van der Waals surface area (Å²) >= 11 is 0. The number of carbonyl (C=O) groups excluding carboxylic acids is 3. The highest BCUT2D eigenvalue weighted by Gasteiger charge is 2.30. The second kappa shape index (κ2) is 8.65. The largest absolute Gasteiger partial charge is 0.465 e. The molecule has 1 saturated heterocycles. The molecule has 0 aliphatic carbocycles. The third-order valence-electron chi connectivity index (χ3n) is 4.71. The van der Waals surface area contributed by atoms with Gasteiger partial charge in [0, 0.05) is 32.0 Å². The molecule has 1 atom stereocenters. The SMILES string of the molecule is COC(=O)c1ccccc1C(=O)NCC1CC(=O)N(Cc2ccc(F)cc2)C1. The van der Waals surface area contributed by atoms with Crippen molar-refractivity contribution in [3.05, 3.63) is 71.0 Å². The Morgan fingerprint density at radius 1 is 1.14 bits per heavy atom. The summed E-state index contributed by atoms with van der Waals surface area (Å²) in [6.45, 7) is 1.24. The Morgan fingerprint density at radius 2 is 1.82 bits per heavy atom. The van der Waals surface area contributed by atoms with Crippen LogP contribution in [0.25, 0.3) is 0 Å². The summed E-state index contributed by atoms with van der Waals surface area (Å²) in [5.41, 5.74) is 1.29. The Morgan fingerprint density at radius 3 is 2.50 bits per heavy atom. The minimum atomic E-state index is -0.577. The highest BCUT2D eigenvalue weighted by atomic mass is 19.1. The lowest BCUT2D eigenvalue weighted by Crippen LogP contribution is -2.32. The molecule has 2 aromatic carbocycles. The molecule has 0 saturated carbocycles. The number of likely N-dealkylation sites (tertiary alicyclic amines) is 1. The number of nitrogens with one attached hydrogen (secondary N) is 1. The number of nitrogens with zero attached hydrogens (tertiary/aromatic N) is 1. The summed E-state index contributed by atoms with van der Waals surface area (Å²) in [4.78, 5) is 38.2. The van der Waals surface area contributed by atoms with E-state index in [-0.39, 0.29) is 34.7 Å². The second-order valence-corrected chi connectivity index (χ2v) is 6.72. The third-order valence-corrected chi connectivity index (χ3v) is 4.71. The number of rotatable bonds is 6. The van der Waals surface area contributed by atoms with E-state index in [1.165, 1.54) is 25.3 Å². The summed E-state index contributed by atoms with van der Waals surface area (Å²) in [5.74, 6) is -1.30. The Kier molecular flexibility index (Phi) is 6.03. The first-order valence-electron chi connectivity index (χ1n) is 8.95. The molecule has 3 rings (SSSR count). The van der Waals surface area contributed by atoms with Crippen molar-refractivity contribution in [1.82, 2.24) is 10.2 Å². The van der Waals surface area contributed by atoms with Crippen molar-refractivity contribution in [2.24, 2.45) is 5.92 Å². The predicted octanol–water partition coefficient (Wildman–Crippen LogP) is 2.39. The normalized spacial score (nSPS) is 16.1. The zero-order chi connectivity index (χ0) is 20.1. The fourth-order valence-electron chi connectivity index (χ4n) is 3.26. The molecular formula is C21H21FN2O4. The quantitative estimate of drug-likeness (QED) is 0.776. The van der Waals surface area contributed by atoms with E-state index in [4.69, 9.17) is 4.74 Å². The van der Waals surface area contributed by atoms with Crippen molar-refractivity contribution in [3.63, 3.8) is 0 Å². The van der Waals surface area contributed by atoms with Crippen molar-refractivity contribution in [1.29, 1.82) is 0 Å². The first-order chi connectivity index (χ1) is 13.5. The third kappa shape index (κ3) is 4.54. The minimum absolute atomic E-state index is 0.00136. The van der Waals surface area contributed by atoms with E-state index < -0.39 is 5.97 Å². The van der Waals surface area contributed by atoms with Crippen LogP contribution in [0.5, 0.6) is 0 Å². The Bertz CT molecular complexity index is 882. The smallest absolute Gasteiger partial charge is 0.338 e. The standard InChI is InChI=1S/C21H21FN2O4/c1-28-21(27)18-5-3-2-4-17(18)20(26)23-11-15-10-19(25)24(13-15)12-14-6-8-16(22)9-7-14/h2-9,15H,10-13H2,1H3,(H,23,26). The summed E-state index contributed by atoms with van der Waals surface area (Å²) in [6.07, 6.45) is 0.333. The molecule has 0 bridgehead atoms. The lowest BCUT2D eigenvalue weighted by Gasteiger charge is -2.17. The molecule has 0 spiro atoms. The van der Waals surface area contributed by atoms with Gasteiger partial charge < -0.3 is 15.0 Å². The van der Waals surface area contributed by atoms with Crippen molar-refractivity contribution >= 4 is 17.8 Å². The second-order valence-electron chi connectivity index (χ2n) is 6.72. The van der Waals surface area contributed by atoms with Gasteiger partial charge in [0.25, 0.3) is 5.91 Å². The first-order valence-corrected chi connectivity index (χ1v) is 8.95. The Balaban J connectivity index is 1.57. The van der Waals surface area contributed by atoms with Crippen LogP contribution in [0.1, 0.15) is 32.7 Å². The van der Waals surface area contributed by atoms with Gasteiger partial charge >= 0.3 is 5.97 Å². The van der Waals surface area contributed by atoms with E-state index in [0.717, 1.165) is 5.56 Å². The number of methoxy groups -OCH3 is 1. The lowest BCUT2D eigenvalue weighted by atomic mass is 10.1. The van der Waals surface area contributed by atoms with Crippen LogP contribution in [-0.4, -0.2) is 42.9 Å². The molecule has 1 aliphatic rings. The van der Waals surface area contributed by atoms with E-state index in [9.17, 15) is 18.8 Å². The van der Waals surface area contributed by atoms with Gasteiger partial charge in [0.05, 0.1) is 18.2 Å². The van der Waals surface area contributed by atoms with Crippen molar-refractivity contribution in [2.75, 3.05) is 20.2 Å². The van der Waals surface area contributed by atoms with Crippen LogP contribution in [0.4, 0.5) is 4.39 Å². The molecule has 28 heavy (non-hydrogen) atoms. The molecule has 1 heterocycles. The van der Waals surface area contributed by atoms with Gasteiger partial charge in [-0.3, -0.25) is 9.59 Å². The van der Waals surface area contributed by atoms with Gasteiger partial charge in [0.15, 0.2) is 0 Å². The van der Waals surface area contributed by atoms with Crippen LogP contribution in [0.15, 0.2) is 48.5 Å². The maximum absolute atomic E-state index is 13.0. The summed E-state index contributed by atoms with van der Waals surface area (Å²) in [6, 6.07) is 12.5. The fraction of sp³-hybridized carbons (Fsp3) is 0.286.